The quantitative estimate of drug-likeness (QED) is 0.701. The third-order valence-electron chi connectivity index (χ3n) is 3.45. The van der Waals surface area contributed by atoms with Gasteiger partial charge in [0.2, 0.25) is 0 Å². The molecular weight excluding hydrogens is 152 g/mol. The summed E-state index contributed by atoms with van der Waals surface area (Å²) in [6, 6.07) is 0. The van der Waals surface area contributed by atoms with Gasteiger partial charge in [0.25, 0.3) is 0 Å². The van der Waals surface area contributed by atoms with E-state index < -0.39 is 5.97 Å². The topological polar surface area (TPSA) is 37.3 Å². The minimum absolute atomic E-state index is 0.132. The van der Waals surface area contributed by atoms with Gasteiger partial charge < -0.3 is 5.11 Å². The molecule has 1 N–H and O–H groups in total. The van der Waals surface area contributed by atoms with Crippen molar-refractivity contribution < 1.29 is 9.90 Å². The van der Waals surface area contributed by atoms with Gasteiger partial charge in [-0.1, -0.05) is 6.92 Å². The molecule has 2 fully saturated rings. The summed E-state index contributed by atoms with van der Waals surface area (Å²) in [5.41, 5.74) is 0. The lowest BCUT2D eigenvalue weighted by Crippen LogP contribution is -2.13. The molecule has 2 aliphatic rings. The average Bonchev–Trinajstić information content (AvgIpc) is 2.59. The van der Waals surface area contributed by atoms with Gasteiger partial charge in [-0.2, -0.15) is 0 Å². The predicted molar refractivity (Wildman–Crippen MR) is 45.7 cm³/mol. The summed E-state index contributed by atoms with van der Waals surface area (Å²) in [5.74, 6) is 1.93. The lowest BCUT2D eigenvalue weighted by Gasteiger charge is -2.13. The number of rotatable bonds is 3. The van der Waals surface area contributed by atoms with Crippen LogP contribution in [-0.2, 0) is 4.79 Å². The third-order valence-corrected chi connectivity index (χ3v) is 3.45. The Balaban J connectivity index is 1.76. The molecule has 2 saturated carbocycles. The zero-order valence-electron chi connectivity index (χ0n) is 7.49. The molecule has 0 aromatic rings. The Kier molecular flexibility index (Phi) is 1.85. The molecule has 0 heterocycles. The molecule has 2 nitrogen and oxygen atoms in total. The SMILES string of the molecule is C[C@@H](C[C@@H]1C[C@@H]2C[C@@H]2C1)C(=O)O. The fraction of sp³-hybridized carbons (Fsp3) is 0.900. The van der Waals surface area contributed by atoms with E-state index in [-0.39, 0.29) is 5.92 Å². The number of carboxylic acid groups (broad SMARTS) is 1. The zero-order valence-corrected chi connectivity index (χ0v) is 7.49. The van der Waals surface area contributed by atoms with Crippen molar-refractivity contribution in [2.45, 2.75) is 32.6 Å². The summed E-state index contributed by atoms with van der Waals surface area (Å²) < 4.78 is 0. The standard InChI is InChI=1S/C10H16O2/c1-6(10(11)12)2-7-3-8-5-9(8)4-7/h6-9H,2-5H2,1H3,(H,11,12)/t6-,7-,8-,9+/m0/s1. The maximum Gasteiger partial charge on any atom is 0.306 e. The predicted octanol–water partition coefficient (Wildman–Crippen LogP) is 2.14. The molecule has 0 amide bonds. The van der Waals surface area contributed by atoms with Gasteiger partial charge in [-0.15, -0.1) is 0 Å². The van der Waals surface area contributed by atoms with Crippen LogP contribution in [0.3, 0.4) is 0 Å². The van der Waals surface area contributed by atoms with E-state index in [1.165, 1.54) is 19.3 Å². The lowest BCUT2D eigenvalue weighted by atomic mass is 9.92. The van der Waals surface area contributed by atoms with Gasteiger partial charge in [-0.05, 0) is 43.4 Å². The van der Waals surface area contributed by atoms with Crippen LogP contribution >= 0.6 is 0 Å². The molecule has 0 saturated heterocycles. The third kappa shape index (κ3) is 1.47. The van der Waals surface area contributed by atoms with E-state index in [0.717, 1.165) is 24.2 Å². The summed E-state index contributed by atoms with van der Waals surface area (Å²) in [6.07, 6.45) is 4.95. The molecule has 0 bridgehead atoms. The van der Waals surface area contributed by atoms with Crippen molar-refractivity contribution in [1.82, 2.24) is 0 Å². The van der Waals surface area contributed by atoms with E-state index in [9.17, 15) is 4.79 Å². The van der Waals surface area contributed by atoms with Gasteiger partial charge in [0, 0.05) is 0 Å². The van der Waals surface area contributed by atoms with E-state index >= 15 is 0 Å². The summed E-state index contributed by atoms with van der Waals surface area (Å²) in [7, 11) is 0. The Morgan fingerprint density at radius 1 is 1.42 bits per heavy atom. The Morgan fingerprint density at radius 2 is 2.00 bits per heavy atom. The van der Waals surface area contributed by atoms with E-state index in [2.05, 4.69) is 0 Å². The van der Waals surface area contributed by atoms with Crippen LogP contribution in [0.5, 0.6) is 0 Å². The summed E-state index contributed by atoms with van der Waals surface area (Å²) >= 11 is 0. The average molecular weight is 168 g/mol. The smallest absolute Gasteiger partial charge is 0.306 e. The summed E-state index contributed by atoms with van der Waals surface area (Å²) in [6.45, 7) is 1.83. The maximum absolute atomic E-state index is 10.6. The molecule has 68 valence electrons. The van der Waals surface area contributed by atoms with Gasteiger partial charge in [-0.25, -0.2) is 0 Å². The van der Waals surface area contributed by atoms with Crippen LogP contribution < -0.4 is 0 Å². The summed E-state index contributed by atoms with van der Waals surface area (Å²) in [5, 5.41) is 8.72. The largest absolute Gasteiger partial charge is 0.481 e. The maximum atomic E-state index is 10.6. The first kappa shape index (κ1) is 8.09. The van der Waals surface area contributed by atoms with Crippen LogP contribution in [0.25, 0.3) is 0 Å². The van der Waals surface area contributed by atoms with Gasteiger partial charge >= 0.3 is 5.97 Å². The van der Waals surface area contributed by atoms with Crippen molar-refractivity contribution in [3.63, 3.8) is 0 Å². The van der Waals surface area contributed by atoms with E-state index in [4.69, 9.17) is 5.11 Å². The first-order valence-electron chi connectivity index (χ1n) is 4.89. The number of carbonyl (C=O) groups is 1. The lowest BCUT2D eigenvalue weighted by molar-refractivity contribution is -0.141. The highest BCUT2D eigenvalue weighted by atomic mass is 16.4. The highest BCUT2D eigenvalue weighted by molar-refractivity contribution is 5.69. The minimum Gasteiger partial charge on any atom is -0.481 e. The minimum atomic E-state index is -0.629. The zero-order chi connectivity index (χ0) is 8.72. The monoisotopic (exact) mass is 168 g/mol. The van der Waals surface area contributed by atoms with Crippen molar-refractivity contribution >= 4 is 5.97 Å². The molecule has 0 radical (unpaired) electrons. The molecule has 4 atom stereocenters. The molecule has 0 aromatic carbocycles. The molecule has 0 unspecified atom stereocenters. The van der Waals surface area contributed by atoms with Gasteiger partial charge in [-0.3, -0.25) is 4.79 Å². The molecule has 2 aliphatic carbocycles. The van der Waals surface area contributed by atoms with Crippen molar-refractivity contribution in [3.8, 4) is 0 Å². The number of hydrogen-bond acceptors (Lipinski definition) is 1. The molecule has 0 aliphatic heterocycles. The molecule has 2 rings (SSSR count). The Hall–Kier alpha value is -0.530. The second-order valence-corrected chi connectivity index (χ2v) is 4.57. The fourth-order valence-corrected chi connectivity index (χ4v) is 2.63. The highest BCUT2D eigenvalue weighted by Crippen LogP contribution is 2.55. The van der Waals surface area contributed by atoms with Gasteiger partial charge in [0.1, 0.15) is 0 Å². The van der Waals surface area contributed by atoms with Crippen molar-refractivity contribution in [1.29, 1.82) is 0 Å². The fourth-order valence-electron chi connectivity index (χ4n) is 2.63. The molecule has 12 heavy (non-hydrogen) atoms. The molecule has 0 aromatic heterocycles. The van der Waals surface area contributed by atoms with Crippen molar-refractivity contribution in [2.75, 3.05) is 0 Å². The van der Waals surface area contributed by atoms with Crippen LogP contribution in [0.1, 0.15) is 32.6 Å². The van der Waals surface area contributed by atoms with Crippen LogP contribution in [0, 0.1) is 23.7 Å². The van der Waals surface area contributed by atoms with Crippen LogP contribution in [0.15, 0.2) is 0 Å². The summed E-state index contributed by atoms with van der Waals surface area (Å²) in [4.78, 5) is 10.6. The number of carboxylic acids is 1. The number of fused-ring (bicyclic) bond motifs is 1. The van der Waals surface area contributed by atoms with E-state index in [1.54, 1.807) is 0 Å². The second-order valence-electron chi connectivity index (χ2n) is 4.57. The first-order chi connectivity index (χ1) is 5.66. The Bertz CT molecular complexity index is 190. The normalized spacial score (nSPS) is 40.6. The van der Waals surface area contributed by atoms with Crippen LogP contribution in [0.4, 0.5) is 0 Å². The first-order valence-corrected chi connectivity index (χ1v) is 4.89. The molecule has 0 spiro atoms. The van der Waals surface area contributed by atoms with Crippen LogP contribution in [0.2, 0.25) is 0 Å². The molecular formula is C10H16O2. The van der Waals surface area contributed by atoms with Crippen molar-refractivity contribution in [3.05, 3.63) is 0 Å². The Labute approximate surface area is 73.0 Å². The van der Waals surface area contributed by atoms with E-state index in [0.29, 0.717) is 0 Å². The second kappa shape index (κ2) is 2.75. The highest BCUT2D eigenvalue weighted by Gasteiger charge is 2.45. The van der Waals surface area contributed by atoms with Gasteiger partial charge in [0.05, 0.1) is 5.92 Å². The van der Waals surface area contributed by atoms with Crippen molar-refractivity contribution in [2.24, 2.45) is 23.7 Å². The Morgan fingerprint density at radius 3 is 2.50 bits per heavy atom. The van der Waals surface area contributed by atoms with Crippen LogP contribution in [-0.4, -0.2) is 11.1 Å². The number of aliphatic carboxylic acids is 1. The molecule has 2 heteroatoms. The number of hydrogen-bond donors (Lipinski definition) is 1. The van der Waals surface area contributed by atoms with E-state index in [1.807, 2.05) is 6.92 Å². The van der Waals surface area contributed by atoms with Gasteiger partial charge in [0.15, 0.2) is 0 Å².